The molecule has 2 nitrogen and oxygen atoms in total. The summed E-state index contributed by atoms with van der Waals surface area (Å²) in [6.45, 7) is 5.36. The Hall–Kier alpha value is 0.710. The third kappa shape index (κ3) is 9.54. The number of hydrogen-bond donors (Lipinski definition) is 2. The quantitative estimate of drug-likeness (QED) is 0.335. The highest BCUT2D eigenvalue weighted by Gasteiger charge is 2.31. The van der Waals surface area contributed by atoms with Gasteiger partial charge in [0.1, 0.15) is 3.53 Å². The molecular weight excluding hydrogens is 473 g/mol. The predicted octanol–water partition coefficient (Wildman–Crippen LogP) is 6.14. The molecule has 2 aliphatic carbocycles. The Morgan fingerprint density at radius 3 is 1.35 bits per heavy atom. The van der Waals surface area contributed by atoms with Crippen molar-refractivity contribution in [3.8, 4) is 0 Å². The van der Waals surface area contributed by atoms with Crippen LogP contribution in [0.15, 0.2) is 0 Å². The summed E-state index contributed by atoms with van der Waals surface area (Å²) in [4.78, 5) is 0. The lowest BCUT2D eigenvalue weighted by Gasteiger charge is -2.33. The molecule has 0 radical (unpaired) electrons. The topological polar surface area (TPSA) is 33.2 Å². The Labute approximate surface area is 225 Å². The second-order valence-electron chi connectivity index (χ2n) is 12.1. The van der Waals surface area contributed by atoms with E-state index in [-0.39, 0.29) is 0 Å². The molecule has 2 saturated heterocycles. The summed E-state index contributed by atoms with van der Waals surface area (Å²) in [6.07, 6.45) is 26.3. The van der Waals surface area contributed by atoms with Gasteiger partial charge in [0.05, 0.1) is 26.2 Å². The zero-order chi connectivity index (χ0) is 23.4. The fourth-order valence-corrected chi connectivity index (χ4v) is 11.1. The maximum absolute atomic E-state index is 6.20. The first kappa shape index (κ1) is 27.7. The number of hydrogen-bond acceptors (Lipinski definition) is 3. The van der Waals surface area contributed by atoms with Crippen LogP contribution in [0.4, 0.5) is 0 Å². The van der Waals surface area contributed by atoms with Crippen LogP contribution in [0.3, 0.4) is 0 Å². The predicted molar refractivity (Wildman–Crippen MR) is 156 cm³/mol. The van der Waals surface area contributed by atoms with E-state index in [1.54, 1.807) is 0 Å². The highest BCUT2D eigenvalue weighted by atomic mass is 32.2. The molecule has 4 fully saturated rings. The molecule has 2 saturated carbocycles. The summed E-state index contributed by atoms with van der Waals surface area (Å²) < 4.78 is 1.31. The normalized spacial score (nSPS) is 26.4. The van der Waals surface area contributed by atoms with E-state index in [2.05, 4.69) is 34.2 Å². The van der Waals surface area contributed by atoms with Crippen LogP contribution < -0.4 is 10.6 Å². The number of thiocarbonyl (C=S) groups is 1. The van der Waals surface area contributed by atoms with Gasteiger partial charge in [0.25, 0.3) is 0 Å². The molecule has 0 spiro atoms. The van der Waals surface area contributed by atoms with Crippen molar-refractivity contribution in [3.05, 3.63) is 0 Å². The van der Waals surface area contributed by atoms with E-state index in [0.717, 1.165) is 34.2 Å². The summed E-state index contributed by atoms with van der Waals surface area (Å²) in [5.41, 5.74) is 0. The summed E-state index contributed by atoms with van der Waals surface area (Å²) >= 11 is 10.5. The van der Waals surface area contributed by atoms with E-state index in [4.69, 9.17) is 12.2 Å². The lowest BCUT2D eigenvalue weighted by Crippen LogP contribution is -2.86. The summed E-state index contributed by atoms with van der Waals surface area (Å²) in [5, 5.41) is 6.64. The number of quaternary nitrogens is 2. The molecule has 0 aromatic heterocycles. The molecule has 2 atom stereocenters. The molecule has 34 heavy (non-hydrogen) atoms. The molecule has 2 unspecified atom stereocenters. The van der Waals surface area contributed by atoms with E-state index >= 15 is 0 Å². The molecule has 5 heteroatoms. The summed E-state index contributed by atoms with van der Waals surface area (Å²) in [5.74, 6) is 3.83. The van der Waals surface area contributed by atoms with Gasteiger partial charge in [0, 0.05) is 36.2 Å². The van der Waals surface area contributed by atoms with E-state index in [9.17, 15) is 0 Å². The van der Waals surface area contributed by atoms with Gasteiger partial charge in [-0.15, -0.1) is 23.5 Å². The smallest absolute Gasteiger partial charge is 0.104 e. The van der Waals surface area contributed by atoms with Gasteiger partial charge in [-0.1, -0.05) is 76.4 Å². The fraction of sp³-hybridized carbons (Fsp3) is 0.966. The average Bonchev–Trinajstić information content (AvgIpc) is 2.91. The third-order valence-electron chi connectivity index (χ3n) is 9.68. The molecular formula is C29H54N2S3+2. The first-order valence-corrected chi connectivity index (χ1v) is 17.4. The molecule has 0 bridgehead atoms. The van der Waals surface area contributed by atoms with Crippen LogP contribution >= 0.6 is 35.7 Å². The summed E-state index contributed by atoms with van der Waals surface area (Å²) in [6, 6.07) is 0. The van der Waals surface area contributed by atoms with Gasteiger partial charge < -0.3 is 10.6 Å². The van der Waals surface area contributed by atoms with Crippen LogP contribution in [0, 0.1) is 23.7 Å². The van der Waals surface area contributed by atoms with Gasteiger partial charge in [0.2, 0.25) is 0 Å². The largest absolute Gasteiger partial charge is 0.346 e. The van der Waals surface area contributed by atoms with Crippen molar-refractivity contribution in [2.24, 2.45) is 23.7 Å². The molecule has 4 N–H and O–H groups in total. The molecule has 0 amide bonds. The van der Waals surface area contributed by atoms with Gasteiger partial charge >= 0.3 is 0 Å². The minimum atomic E-state index is 0.786. The second-order valence-corrected chi connectivity index (χ2v) is 15.8. The van der Waals surface area contributed by atoms with E-state index in [1.165, 1.54) is 145 Å². The van der Waals surface area contributed by atoms with Gasteiger partial charge in [-0.25, -0.2) is 0 Å². The zero-order valence-corrected chi connectivity index (χ0v) is 24.3. The molecule has 2 heterocycles. The molecule has 4 aliphatic rings. The maximum Gasteiger partial charge on any atom is 0.104 e. The Morgan fingerprint density at radius 2 is 0.971 bits per heavy atom. The Morgan fingerprint density at radius 1 is 0.588 bits per heavy atom. The van der Waals surface area contributed by atoms with Crippen LogP contribution in [0.5, 0.6) is 0 Å². The van der Waals surface area contributed by atoms with Crippen LogP contribution in [0.1, 0.15) is 116 Å². The summed E-state index contributed by atoms with van der Waals surface area (Å²) in [7, 11) is 0. The maximum atomic E-state index is 6.20. The van der Waals surface area contributed by atoms with E-state index < -0.39 is 0 Å². The van der Waals surface area contributed by atoms with Gasteiger partial charge in [-0.05, 0) is 49.4 Å². The number of thioether (sulfide) groups is 2. The van der Waals surface area contributed by atoms with Crippen molar-refractivity contribution in [1.82, 2.24) is 0 Å². The Bertz CT molecular complexity index is 514. The van der Waals surface area contributed by atoms with Crippen LogP contribution in [0.25, 0.3) is 0 Å². The molecule has 4 rings (SSSR count). The lowest BCUT2D eigenvalue weighted by molar-refractivity contribution is -0.665. The van der Waals surface area contributed by atoms with Crippen molar-refractivity contribution in [1.29, 1.82) is 0 Å². The van der Waals surface area contributed by atoms with Gasteiger partial charge in [-0.2, -0.15) is 0 Å². The zero-order valence-electron chi connectivity index (χ0n) is 21.9. The fourth-order valence-electron chi connectivity index (χ4n) is 7.46. The number of piperidine rings is 2. The van der Waals surface area contributed by atoms with Gasteiger partial charge in [-0.3, -0.25) is 0 Å². The minimum Gasteiger partial charge on any atom is -0.346 e. The third-order valence-corrected chi connectivity index (χ3v) is 13.1. The minimum absolute atomic E-state index is 0.786. The lowest BCUT2D eigenvalue weighted by atomic mass is 9.83. The molecule has 2 aliphatic heterocycles. The molecule has 196 valence electrons. The van der Waals surface area contributed by atoms with Crippen LogP contribution in [-0.4, -0.2) is 40.2 Å². The van der Waals surface area contributed by atoms with Crippen LogP contribution in [0.2, 0.25) is 0 Å². The van der Waals surface area contributed by atoms with E-state index in [0.29, 0.717) is 0 Å². The average molecular weight is 527 g/mol. The highest BCUT2D eigenvalue weighted by molar-refractivity contribution is 8.47. The SMILES string of the molecule is S=C(SC(CCC1CCCCC1)C1CC[NH2+]CC1)SC(CCC1CCCCC1)C1CC[NH2+]CC1. The van der Waals surface area contributed by atoms with Crippen LogP contribution in [-0.2, 0) is 0 Å². The second kappa shape index (κ2) is 15.8. The monoisotopic (exact) mass is 526 g/mol. The first-order valence-electron chi connectivity index (χ1n) is 15.3. The Kier molecular flexibility index (Phi) is 12.9. The van der Waals surface area contributed by atoms with Crippen molar-refractivity contribution in [2.45, 2.75) is 126 Å². The van der Waals surface area contributed by atoms with Crippen molar-refractivity contribution in [2.75, 3.05) is 26.2 Å². The van der Waals surface area contributed by atoms with Crippen molar-refractivity contribution >= 4 is 39.3 Å². The van der Waals surface area contributed by atoms with Crippen molar-refractivity contribution < 1.29 is 10.6 Å². The number of nitrogens with two attached hydrogens (primary N) is 2. The van der Waals surface area contributed by atoms with E-state index in [1.807, 2.05) is 0 Å². The Balaban J connectivity index is 1.31. The molecule has 0 aromatic carbocycles. The first-order chi connectivity index (χ1) is 16.8. The number of rotatable bonds is 10. The van der Waals surface area contributed by atoms with Gasteiger partial charge in [0.15, 0.2) is 0 Å². The van der Waals surface area contributed by atoms with Crippen molar-refractivity contribution in [3.63, 3.8) is 0 Å². The standard InChI is InChI=1S/C29H52N2S3/c32-29(33-27(25-15-19-30-20-16-25)13-11-23-7-3-1-4-8-23)34-28(26-17-21-31-22-18-26)14-12-24-9-5-2-6-10-24/h23-28,30-31H,1-22H2/p+2. The highest BCUT2D eigenvalue weighted by Crippen LogP contribution is 2.41. The molecule has 0 aromatic rings.